The van der Waals surface area contributed by atoms with E-state index in [-0.39, 0.29) is 24.0 Å². The van der Waals surface area contributed by atoms with Crippen LogP contribution in [0.5, 0.6) is 11.5 Å². The van der Waals surface area contributed by atoms with Crippen LogP contribution in [0.1, 0.15) is 57.4 Å². The zero-order chi connectivity index (χ0) is 20.2. The maximum atomic E-state index is 6.32. The van der Waals surface area contributed by atoms with Gasteiger partial charge < -0.3 is 20.1 Å². The Balaban J connectivity index is 0.00000256. The molecule has 1 aromatic rings. The van der Waals surface area contributed by atoms with E-state index in [1.54, 1.807) is 7.11 Å². The number of halogens is 1. The molecule has 3 fully saturated rings. The van der Waals surface area contributed by atoms with Crippen molar-refractivity contribution in [2.24, 2.45) is 4.99 Å². The lowest BCUT2D eigenvalue weighted by molar-refractivity contribution is 0.207. The fourth-order valence-corrected chi connectivity index (χ4v) is 4.75. The van der Waals surface area contributed by atoms with Crippen molar-refractivity contribution in [1.82, 2.24) is 15.5 Å². The minimum absolute atomic E-state index is 0. The molecule has 168 valence electrons. The lowest BCUT2D eigenvalue weighted by atomic mass is 10.1. The monoisotopic (exact) mass is 528 g/mol. The third-order valence-electron chi connectivity index (χ3n) is 6.52. The summed E-state index contributed by atoms with van der Waals surface area (Å²) in [5.74, 6) is 2.63. The van der Waals surface area contributed by atoms with Crippen LogP contribution in [-0.4, -0.2) is 55.8 Å². The molecule has 0 spiro atoms. The average molecular weight is 528 g/mol. The number of ether oxygens (including phenoxy) is 2. The van der Waals surface area contributed by atoms with E-state index in [4.69, 9.17) is 9.47 Å². The van der Waals surface area contributed by atoms with Gasteiger partial charge in [-0.25, -0.2) is 0 Å². The standard InChI is InChI=1S/C23H36N4O2.HI/c1-16-12-18(15-27(16)19-9-10-19)26-23(24-2)25-14-17-8-11-21(28-3)13-22(17)29-20-6-4-5-7-20;/h8,11,13,16,18-20H,4-7,9-10,12,14-15H2,1-3H3,(H2,24,25,26);1H. The highest BCUT2D eigenvalue weighted by atomic mass is 127. The lowest BCUT2D eigenvalue weighted by Crippen LogP contribution is -2.44. The highest BCUT2D eigenvalue weighted by Crippen LogP contribution is 2.33. The lowest BCUT2D eigenvalue weighted by Gasteiger charge is -2.21. The van der Waals surface area contributed by atoms with Crippen LogP contribution in [0, 0.1) is 0 Å². The summed E-state index contributed by atoms with van der Waals surface area (Å²) in [4.78, 5) is 7.11. The zero-order valence-corrected chi connectivity index (χ0v) is 20.9. The second-order valence-electron chi connectivity index (χ2n) is 8.78. The molecule has 2 atom stereocenters. The Bertz CT molecular complexity index is 719. The molecule has 7 heteroatoms. The molecule has 1 aromatic carbocycles. The molecule has 0 amide bonds. The number of rotatable bonds is 7. The van der Waals surface area contributed by atoms with Crippen molar-refractivity contribution >= 4 is 29.9 Å². The molecule has 2 saturated carbocycles. The molecule has 0 radical (unpaired) electrons. The van der Waals surface area contributed by atoms with Crippen LogP contribution in [0.4, 0.5) is 0 Å². The Morgan fingerprint density at radius 1 is 1.20 bits per heavy atom. The van der Waals surface area contributed by atoms with Gasteiger partial charge in [0.2, 0.25) is 0 Å². The summed E-state index contributed by atoms with van der Waals surface area (Å²) in [6.45, 7) is 4.14. The Morgan fingerprint density at radius 2 is 1.97 bits per heavy atom. The number of benzene rings is 1. The normalized spacial score (nSPS) is 25.1. The predicted octanol–water partition coefficient (Wildman–Crippen LogP) is 3.92. The van der Waals surface area contributed by atoms with Crippen LogP contribution in [0.3, 0.4) is 0 Å². The Hall–Kier alpha value is -1.22. The van der Waals surface area contributed by atoms with E-state index in [1.165, 1.54) is 32.1 Å². The number of guanidine groups is 1. The summed E-state index contributed by atoms with van der Waals surface area (Å²) in [5, 5.41) is 7.12. The molecule has 30 heavy (non-hydrogen) atoms. The molecular formula is C23H37IN4O2. The fourth-order valence-electron chi connectivity index (χ4n) is 4.75. The average Bonchev–Trinajstić information content (AvgIpc) is 3.32. The van der Waals surface area contributed by atoms with Crippen molar-refractivity contribution < 1.29 is 9.47 Å². The van der Waals surface area contributed by atoms with Gasteiger partial charge in [0, 0.05) is 49.9 Å². The van der Waals surface area contributed by atoms with Gasteiger partial charge in [-0.1, -0.05) is 0 Å². The van der Waals surface area contributed by atoms with Crippen molar-refractivity contribution in [3.63, 3.8) is 0 Å². The van der Waals surface area contributed by atoms with Gasteiger partial charge in [0.25, 0.3) is 0 Å². The van der Waals surface area contributed by atoms with Crippen molar-refractivity contribution in [2.45, 2.75) is 82.6 Å². The zero-order valence-electron chi connectivity index (χ0n) is 18.5. The van der Waals surface area contributed by atoms with Crippen LogP contribution in [0.2, 0.25) is 0 Å². The molecule has 1 aliphatic heterocycles. The molecule has 4 rings (SSSR count). The second kappa shape index (κ2) is 10.9. The van der Waals surface area contributed by atoms with Crippen molar-refractivity contribution in [3.8, 4) is 11.5 Å². The van der Waals surface area contributed by atoms with E-state index in [9.17, 15) is 0 Å². The first kappa shape index (κ1) is 23.4. The topological polar surface area (TPSA) is 58.1 Å². The quantitative estimate of drug-likeness (QED) is 0.319. The Morgan fingerprint density at radius 3 is 2.63 bits per heavy atom. The summed E-state index contributed by atoms with van der Waals surface area (Å²) in [5.41, 5.74) is 1.14. The van der Waals surface area contributed by atoms with Crippen molar-refractivity contribution in [3.05, 3.63) is 23.8 Å². The summed E-state index contributed by atoms with van der Waals surface area (Å²) in [6, 6.07) is 8.04. The fraction of sp³-hybridized carbons (Fsp3) is 0.696. The molecule has 1 heterocycles. The van der Waals surface area contributed by atoms with E-state index in [1.807, 2.05) is 19.2 Å². The number of aliphatic imine (C=N–C) groups is 1. The SMILES string of the molecule is CN=C(NCc1ccc(OC)cc1OC1CCCC1)NC1CC(C)N(C2CC2)C1.I. The van der Waals surface area contributed by atoms with Crippen LogP contribution >= 0.6 is 24.0 Å². The van der Waals surface area contributed by atoms with Gasteiger partial charge in [-0.05, 0) is 64.0 Å². The highest BCUT2D eigenvalue weighted by molar-refractivity contribution is 14.0. The molecule has 2 N–H and O–H groups in total. The van der Waals surface area contributed by atoms with E-state index in [0.717, 1.165) is 48.5 Å². The number of likely N-dealkylation sites (tertiary alicyclic amines) is 1. The van der Waals surface area contributed by atoms with E-state index in [0.29, 0.717) is 24.7 Å². The second-order valence-corrected chi connectivity index (χ2v) is 8.78. The van der Waals surface area contributed by atoms with E-state index < -0.39 is 0 Å². The maximum absolute atomic E-state index is 6.32. The molecule has 3 aliphatic rings. The van der Waals surface area contributed by atoms with Gasteiger partial charge in [-0.15, -0.1) is 24.0 Å². The third kappa shape index (κ3) is 5.93. The first-order valence-corrected chi connectivity index (χ1v) is 11.2. The first-order valence-electron chi connectivity index (χ1n) is 11.2. The van der Waals surface area contributed by atoms with Gasteiger partial charge in [-0.3, -0.25) is 9.89 Å². The number of hydrogen-bond acceptors (Lipinski definition) is 4. The Labute approximate surface area is 198 Å². The number of nitrogens with one attached hydrogen (secondary N) is 2. The van der Waals surface area contributed by atoms with Crippen molar-refractivity contribution in [1.29, 1.82) is 0 Å². The molecule has 0 aromatic heterocycles. The highest BCUT2D eigenvalue weighted by Gasteiger charge is 2.38. The number of hydrogen-bond donors (Lipinski definition) is 2. The third-order valence-corrected chi connectivity index (χ3v) is 6.52. The maximum Gasteiger partial charge on any atom is 0.191 e. The minimum Gasteiger partial charge on any atom is -0.497 e. The van der Waals surface area contributed by atoms with E-state index >= 15 is 0 Å². The van der Waals surface area contributed by atoms with Crippen molar-refractivity contribution in [2.75, 3.05) is 20.7 Å². The van der Waals surface area contributed by atoms with Crippen LogP contribution in [-0.2, 0) is 6.54 Å². The Kier molecular flexibility index (Phi) is 8.51. The number of methoxy groups -OCH3 is 1. The van der Waals surface area contributed by atoms with Gasteiger partial charge in [0.15, 0.2) is 5.96 Å². The minimum atomic E-state index is 0. The van der Waals surface area contributed by atoms with Crippen LogP contribution < -0.4 is 20.1 Å². The molecule has 6 nitrogen and oxygen atoms in total. The van der Waals surface area contributed by atoms with Crippen LogP contribution in [0.25, 0.3) is 0 Å². The van der Waals surface area contributed by atoms with Gasteiger partial charge in [-0.2, -0.15) is 0 Å². The summed E-state index contributed by atoms with van der Waals surface area (Å²) in [6.07, 6.45) is 9.04. The van der Waals surface area contributed by atoms with Crippen LogP contribution in [0.15, 0.2) is 23.2 Å². The molecule has 1 saturated heterocycles. The predicted molar refractivity (Wildman–Crippen MR) is 132 cm³/mol. The van der Waals surface area contributed by atoms with E-state index in [2.05, 4.69) is 33.5 Å². The summed E-state index contributed by atoms with van der Waals surface area (Å²) < 4.78 is 11.7. The molecule has 0 bridgehead atoms. The molecule has 2 aliphatic carbocycles. The smallest absolute Gasteiger partial charge is 0.191 e. The van der Waals surface area contributed by atoms with Gasteiger partial charge in [0.05, 0.1) is 13.2 Å². The largest absolute Gasteiger partial charge is 0.497 e. The summed E-state index contributed by atoms with van der Waals surface area (Å²) >= 11 is 0. The van der Waals surface area contributed by atoms with Gasteiger partial charge >= 0.3 is 0 Å². The first-order chi connectivity index (χ1) is 14.2. The molecular weight excluding hydrogens is 491 g/mol. The summed E-state index contributed by atoms with van der Waals surface area (Å²) in [7, 11) is 3.54. The number of nitrogens with zero attached hydrogens (tertiary/aromatic N) is 2. The van der Waals surface area contributed by atoms with Gasteiger partial charge in [0.1, 0.15) is 11.5 Å². The molecule has 2 unspecified atom stereocenters.